The predicted molar refractivity (Wildman–Crippen MR) is 145 cm³/mol. The van der Waals surface area contributed by atoms with E-state index in [1.54, 1.807) is 31.2 Å². The number of carbonyl (C=O) groups excluding carboxylic acids is 2. The molecule has 0 aliphatic carbocycles. The maximum atomic E-state index is 12.9. The highest BCUT2D eigenvalue weighted by atomic mass is 79.9. The molecule has 200 valence electrons. The van der Waals surface area contributed by atoms with Gasteiger partial charge in [-0.2, -0.15) is 13.7 Å². The molecular formula is C26H20BrN3O8S. The first kappa shape index (κ1) is 29.0. The lowest BCUT2D eigenvalue weighted by Crippen LogP contribution is -2.15. The van der Waals surface area contributed by atoms with Crippen LogP contribution < -0.4 is 14.2 Å². The minimum absolute atomic E-state index is 0.0354. The number of Topliss-reactive ketones (excluding diaryl/α,β-unsaturated/α-hetero) is 1. The van der Waals surface area contributed by atoms with Crippen molar-refractivity contribution in [1.82, 2.24) is 0 Å². The number of rotatable bonds is 10. The molecular weight excluding hydrogens is 594 g/mol. The standard InChI is InChI=1S/C26H20BrN3O8S/c1-3-37-24-13-17(11-18(15-28)26(32)29-23-10-5-4-9-21(23)16(2)31)12-22(27)25(24)38-39(35,36)20-8-6-7-19(14-20)30(33)34/h4-14H,3H2,1-2H3,(H,29,32)/b18-11-. The number of para-hydroxylation sites is 1. The molecule has 0 unspecified atom stereocenters. The van der Waals surface area contributed by atoms with Crippen LogP contribution in [0.3, 0.4) is 0 Å². The van der Waals surface area contributed by atoms with E-state index in [1.165, 1.54) is 37.3 Å². The summed E-state index contributed by atoms with van der Waals surface area (Å²) in [5.41, 5.74) is 0.0634. The number of ketones is 1. The zero-order chi connectivity index (χ0) is 28.7. The van der Waals surface area contributed by atoms with Crippen molar-refractivity contribution in [3.05, 3.63) is 92.0 Å². The van der Waals surface area contributed by atoms with E-state index >= 15 is 0 Å². The highest BCUT2D eigenvalue weighted by Gasteiger charge is 2.24. The van der Waals surface area contributed by atoms with E-state index in [1.807, 2.05) is 0 Å². The summed E-state index contributed by atoms with van der Waals surface area (Å²) in [4.78, 5) is 34.5. The first-order valence-corrected chi connectivity index (χ1v) is 13.3. The Bertz CT molecular complexity index is 1650. The van der Waals surface area contributed by atoms with E-state index < -0.39 is 31.5 Å². The van der Waals surface area contributed by atoms with E-state index in [2.05, 4.69) is 21.2 Å². The van der Waals surface area contributed by atoms with Crippen LogP contribution in [0.1, 0.15) is 29.8 Å². The quantitative estimate of drug-likeness (QED) is 0.0799. The third-order valence-electron chi connectivity index (χ3n) is 5.07. The van der Waals surface area contributed by atoms with Crippen molar-refractivity contribution in [2.45, 2.75) is 18.7 Å². The molecule has 0 spiro atoms. The normalized spacial score (nSPS) is 11.3. The Kier molecular flexibility index (Phi) is 9.18. The van der Waals surface area contributed by atoms with Crippen LogP contribution in [0, 0.1) is 21.4 Å². The number of anilines is 1. The van der Waals surface area contributed by atoms with Gasteiger partial charge in [0.05, 0.1) is 21.7 Å². The number of hydrogen-bond acceptors (Lipinski definition) is 9. The van der Waals surface area contributed by atoms with Crippen molar-refractivity contribution in [3.63, 3.8) is 0 Å². The molecule has 0 bridgehead atoms. The second kappa shape index (κ2) is 12.3. The molecule has 0 aromatic heterocycles. The maximum absolute atomic E-state index is 12.9. The van der Waals surface area contributed by atoms with Crippen molar-refractivity contribution in [1.29, 1.82) is 5.26 Å². The largest absolute Gasteiger partial charge is 0.490 e. The minimum atomic E-state index is -4.51. The fourth-order valence-electron chi connectivity index (χ4n) is 3.33. The fourth-order valence-corrected chi connectivity index (χ4v) is 4.98. The Balaban J connectivity index is 1.97. The third-order valence-corrected chi connectivity index (χ3v) is 6.88. The zero-order valence-corrected chi connectivity index (χ0v) is 22.9. The molecule has 0 fully saturated rings. The van der Waals surface area contributed by atoms with Crippen LogP contribution in [0.4, 0.5) is 11.4 Å². The Hall–Kier alpha value is -4.54. The van der Waals surface area contributed by atoms with Crippen molar-refractivity contribution in [2.24, 2.45) is 0 Å². The van der Waals surface area contributed by atoms with Crippen LogP contribution in [0.25, 0.3) is 6.08 Å². The van der Waals surface area contributed by atoms with Crippen LogP contribution in [-0.4, -0.2) is 31.6 Å². The number of nitrogens with one attached hydrogen (secondary N) is 1. The van der Waals surface area contributed by atoms with Gasteiger partial charge in [-0.3, -0.25) is 19.7 Å². The molecule has 0 aliphatic heterocycles. The Morgan fingerprint density at radius 3 is 2.51 bits per heavy atom. The van der Waals surface area contributed by atoms with E-state index in [0.717, 1.165) is 18.2 Å². The van der Waals surface area contributed by atoms with Gasteiger partial charge in [0, 0.05) is 17.7 Å². The van der Waals surface area contributed by atoms with Gasteiger partial charge < -0.3 is 14.2 Å². The number of hydrogen-bond donors (Lipinski definition) is 1. The van der Waals surface area contributed by atoms with Crippen molar-refractivity contribution in [3.8, 4) is 17.6 Å². The average molecular weight is 614 g/mol. The van der Waals surface area contributed by atoms with E-state index in [9.17, 15) is 33.4 Å². The molecule has 0 radical (unpaired) electrons. The lowest BCUT2D eigenvalue weighted by molar-refractivity contribution is -0.385. The third kappa shape index (κ3) is 7.07. The van der Waals surface area contributed by atoms with Gasteiger partial charge in [0.2, 0.25) is 0 Å². The van der Waals surface area contributed by atoms with Crippen LogP contribution in [-0.2, 0) is 14.9 Å². The Morgan fingerprint density at radius 1 is 1.15 bits per heavy atom. The first-order chi connectivity index (χ1) is 18.5. The fraction of sp³-hybridized carbons (Fsp3) is 0.115. The monoisotopic (exact) mass is 613 g/mol. The van der Waals surface area contributed by atoms with E-state index in [-0.39, 0.29) is 50.7 Å². The van der Waals surface area contributed by atoms with Gasteiger partial charge in [0.1, 0.15) is 16.5 Å². The highest BCUT2D eigenvalue weighted by Crippen LogP contribution is 2.39. The second-order valence-corrected chi connectivity index (χ2v) is 10.2. The number of nitriles is 1. The lowest BCUT2D eigenvalue weighted by Gasteiger charge is -2.15. The summed E-state index contributed by atoms with van der Waals surface area (Å²) in [5, 5.41) is 23.2. The summed E-state index contributed by atoms with van der Waals surface area (Å²) in [6, 6.07) is 15.3. The number of benzene rings is 3. The topological polar surface area (TPSA) is 166 Å². The molecule has 3 rings (SSSR count). The summed E-state index contributed by atoms with van der Waals surface area (Å²) in [6.07, 6.45) is 1.25. The molecule has 0 aliphatic rings. The molecule has 0 saturated carbocycles. The SMILES string of the molecule is CCOc1cc(/C=C(/C#N)C(=O)Nc2ccccc2C(C)=O)cc(Br)c1OS(=O)(=O)c1cccc([N+](=O)[O-])c1. The van der Waals surface area contributed by atoms with Gasteiger partial charge in [0.25, 0.3) is 11.6 Å². The number of carbonyl (C=O) groups is 2. The molecule has 0 heterocycles. The van der Waals surface area contributed by atoms with Crippen molar-refractivity contribution >= 4 is 55.2 Å². The summed E-state index contributed by atoms with van der Waals surface area (Å²) in [7, 11) is -4.51. The number of ether oxygens (including phenoxy) is 1. The van der Waals surface area contributed by atoms with Gasteiger partial charge in [-0.05, 0) is 71.7 Å². The lowest BCUT2D eigenvalue weighted by atomic mass is 10.1. The van der Waals surface area contributed by atoms with E-state index in [0.29, 0.717) is 0 Å². The molecule has 11 nitrogen and oxygen atoms in total. The summed E-state index contributed by atoms with van der Waals surface area (Å²) in [6.45, 7) is 3.11. The molecule has 1 N–H and O–H groups in total. The first-order valence-electron chi connectivity index (χ1n) is 11.1. The summed E-state index contributed by atoms with van der Waals surface area (Å²) in [5.74, 6) is -1.31. The molecule has 0 saturated heterocycles. The molecule has 39 heavy (non-hydrogen) atoms. The molecule has 0 atom stereocenters. The zero-order valence-electron chi connectivity index (χ0n) is 20.5. The van der Waals surface area contributed by atoms with Gasteiger partial charge in [0.15, 0.2) is 17.3 Å². The van der Waals surface area contributed by atoms with Crippen molar-refractivity contribution < 1.29 is 31.9 Å². The average Bonchev–Trinajstić information content (AvgIpc) is 2.89. The van der Waals surface area contributed by atoms with Crippen LogP contribution in [0.2, 0.25) is 0 Å². The number of amides is 1. The number of non-ortho nitro benzene ring substituents is 1. The van der Waals surface area contributed by atoms with Crippen LogP contribution in [0.5, 0.6) is 11.5 Å². The summed E-state index contributed by atoms with van der Waals surface area (Å²) >= 11 is 3.23. The number of nitro groups is 1. The van der Waals surface area contributed by atoms with Crippen LogP contribution >= 0.6 is 15.9 Å². The second-order valence-electron chi connectivity index (χ2n) is 7.78. The Morgan fingerprint density at radius 2 is 1.87 bits per heavy atom. The van der Waals surface area contributed by atoms with Crippen LogP contribution in [0.15, 0.2) is 75.6 Å². The Labute approximate surface area is 232 Å². The van der Waals surface area contributed by atoms with E-state index in [4.69, 9.17) is 8.92 Å². The smallest absolute Gasteiger partial charge is 0.339 e. The molecule has 1 amide bonds. The molecule has 3 aromatic rings. The number of halogens is 1. The van der Waals surface area contributed by atoms with Gasteiger partial charge in [-0.25, -0.2) is 0 Å². The number of nitrogens with zero attached hydrogens (tertiary/aromatic N) is 2. The minimum Gasteiger partial charge on any atom is -0.490 e. The number of nitro benzene ring substituents is 1. The highest BCUT2D eigenvalue weighted by molar-refractivity contribution is 9.10. The summed E-state index contributed by atoms with van der Waals surface area (Å²) < 4.78 is 36.7. The van der Waals surface area contributed by atoms with Gasteiger partial charge in [-0.1, -0.05) is 18.2 Å². The van der Waals surface area contributed by atoms with Crippen molar-refractivity contribution in [2.75, 3.05) is 11.9 Å². The molecule has 13 heteroatoms. The maximum Gasteiger partial charge on any atom is 0.339 e. The van der Waals surface area contributed by atoms with Gasteiger partial charge >= 0.3 is 10.1 Å². The molecule has 3 aromatic carbocycles. The predicted octanol–water partition coefficient (Wildman–Crippen LogP) is 5.27. The van der Waals surface area contributed by atoms with Gasteiger partial charge in [-0.15, -0.1) is 0 Å².